The molecule has 0 bridgehead atoms. The quantitative estimate of drug-likeness (QED) is 0.251. The highest BCUT2D eigenvalue weighted by atomic mass is 35.5. The van der Waals surface area contributed by atoms with Gasteiger partial charge in [0, 0.05) is 13.1 Å². The summed E-state index contributed by atoms with van der Waals surface area (Å²) in [7, 11) is -4.17. The van der Waals surface area contributed by atoms with Gasteiger partial charge in [0.05, 0.1) is 20.6 Å². The normalized spacial score (nSPS) is 12.0. The molecule has 0 saturated heterocycles. The van der Waals surface area contributed by atoms with Gasteiger partial charge < -0.3 is 10.2 Å². The fraction of sp³-hybridized carbons (Fsp3) is 0.310. The van der Waals surface area contributed by atoms with E-state index >= 15 is 0 Å². The fourth-order valence-electron chi connectivity index (χ4n) is 4.09. The van der Waals surface area contributed by atoms with Crippen LogP contribution in [0.1, 0.15) is 38.7 Å². The summed E-state index contributed by atoms with van der Waals surface area (Å²) in [5, 5.41) is 3.32. The van der Waals surface area contributed by atoms with Gasteiger partial charge in [-0.25, -0.2) is 8.42 Å². The van der Waals surface area contributed by atoms with E-state index in [0.29, 0.717) is 13.0 Å². The number of nitrogens with zero attached hydrogens (tertiary/aromatic N) is 2. The Hall–Kier alpha value is -3.07. The van der Waals surface area contributed by atoms with Crippen LogP contribution in [0.2, 0.25) is 10.0 Å². The van der Waals surface area contributed by atoms with E-state index in [4.69, 9.17) is 23.2 Å². The van der Waals surface area contributed by atoms with Crippen LogP contribution in [0.3, 0.4) is 0 Å². The molecule has 7 nitrogen and oxygen atoms in total. The molecule has 1 N–H and O–H groups in total. The third-order valence-electron chi connectivity index (χ3n) is 6.21. The van der Waals surface area contributed by atoms with E-state index in [9.17, 15) is 18.0 Å². The summed E-state index contributed by atoms with van der Waals surface area (Å²) in [6.07, 6.45) is 2.09. The standard InChI is InChI=1S/C29H33Cl2N3O4S/c1-3-5-18-32-29(36)27(4-2)33(20-22-12-8-6-9-13-22)28(35)21-34(23-16-17-25(30)26(31)19-23)39(37,38)24-14-10-7-11-15-24/h6-17,19,27H,3-5,18,20-21H2,1-2H3,(H,32,36)/t27-/m0/s1. The van der Waals surface area contributed by atoms with Crippen LogP contribution in [0, 0.1) is 0 Å². The second kappa shape index (κ2) is 14.4. The smallest absolute Gasteiger partial charge is 0.264 e. The zero-order chi connectivity index (χ0) is 28.4. The van der Waals surface area contributed by atoms with Gasteiger partial charge in [-0.3, -0.25) is 13.9 Å². The molecule has 208 valence electrons. The number of amides is 2. The summed E-state index contributed by atoms with van der Waals surface area (Å²) in [4.78, 5) is 28.6. The van der Waals surface area contributed by atoms with Crippen molar-refractivity contribution in [3.05, 3.63) is 94.5 Å². The number of carbonyl (C=O) groups excluding carboxylic acids is 2. The molecule has 39 heavy (non-hydrogen) atoms. The van der Waals surface area contributed by atoms with Crippen molar-refractivity contribution in [1.29, 1.82) is 0 Å². The molecule has 0 aliphatic heterocycles. The van der Waals surface area contributed by atoms with Gasteiger partial charge in [0.1, 0.15) is 12.6 Å². The average molecular weight is 591 g/mol. The van der Waals surface area contributed by atoms with Crippen molar-refractivity contribution >= 4 is 50.7 Å². The van der Waals surface area contributed by atoms with E-state index in [1.165, 1.54) is 35.2 Å². The molecule has 2 amide bonds. The van der Waals surface area contributed by atoms with Crippen LogP contribution in [-0.4, -0.2) is 44.3 Å². The lowest BCUT2D eigenvalue weighted by Gasteiger charge is -2.33. The molecule has 0 aliphatic carbocycles. The van der Waals surface area contributed by atoms with Crippen molar-refractivity contribution in [2.45, 2.75) is 50.6 Å². The Morgan fingerprint density at radius 1 is 0.897 bits per heavy atom. The first kappa shape index (κ1) is 30.5. The minimum atomic E-state index is -4.17. The highest BCUT2D eigenvalue weighted by molar-refractivity contribution is 7.92. The topological polar surface area (TPSA) is 86.8 Å². The monoisotopic (exact) mass is 589 g/mol. The Labute approximate surface area is 240 Å². The predicted octanol–water partition coefficient (Wildman–Crippen LogP) is 5.91. The Morgan fingerprint density at radius 3 is 2.13 bits per heavy atom. The van der Waals surface area contributed by atoms with Gasteiger partial charge in [-0.2, -0.15) is 0 Å². The summed E-state index contributed by atoms with van der Waals surface area (Å²) in [5.74, 6) is -0.802. The van der Waals surface area contributed by atoms with Crippen LogP contribution in [0.15, 0.2) is 83.8 Å². The average Bonchev–Trinajstić information content (AvgIpc) is 2.94. The second-order valence-electron chi connectivity index (χ2n) is 9.00. The lowest BCUT2D eigenvalue weighted by atomic mass is 10.1. The largest absolute Gasteiger partial charge is 0.354 e. The first-order valence-electron chi connectivity index (χ1n) is 12.8. The Kier molecular flexibility index (Phi) is 11.2. The van der Waals surface area contributed by atoms with Crippen molar-refractivity contribution in [2.75, 3.05) is 17.4 Å². The molecule has 3 rings (SSSR count). The summed E-state index contributed by atoms with van der Waals surface area (Å²) >= 11 is 12.3. The first-order valence-corrected chi connectivity index (χ1v) is 15.0. The number of halogens is 2. The van der Waals surface area contributed by atoms with Gasteiger partial charge in [-0.05, 0) is 48.7 Å². The highest BCUT2D eigenvalue weighted by Crippen LogP contribution is 2.31. The third-order valence-corrected chi connectivity index (χ3v) is 8.74. The zero-order valence-electron chi connectivity index (χ0n) is 22.0. The molecule has 0 aromatic heterocycles. The number of benzene rings is 3. The van der Waals surface area contributed by atoms with E-state index in [1.54, 1.807) is 18.2 Å². The summed E-state index contributed by atoms with van der Waals surface area (Å²) < 4.78 is 28.6. The maximum atomic E-state index is 14.0. The Bertz CT molecular complexity index is 1360. The van der Waals surface area contributed by atoms with Crippen molar-refractivity contribution in [3.63, 3.8) is 0 Å². The molecule has 0 unspecified atom stereocenters. The summed E-state index contributed by atoms with van der Waals surface area (Å²) in [5.41, 5.74) is 0.999. The van der Waals surface area contributed by atoms with Gasteiger partial charge >= 0.3 is 0 Å². The molecule has 0 spiro atoms. The van der Waals surface area contributed by atoms with Gasteiger partial charge in [0.15, 0.2) is 0 Å². The number of nitrogens with one attached hydrogen (secondary N) is 1. The maximum absolute atomic E-state index is 14.0. The number of hydrogen-bond donors (Lipinski definition) is 1. The highest BCUT2D eigenvalue weighted by Gasteiger charge is 2.33. The van der Waals surface area contributed by atoms with Crippen LogP contribution >= 0.6 is 23.2 Å². The van der Waals surface area contributed by atoms with E-state index in [1.807, 2.05) is 44.2 Å². The second-order valence-corrected chi connectivity index (χ2v) is 11.7. The molecule has 3 aromatic carbocycles. The van der Waals surface area contributed by atoms with E-state index in [2.05, 4.69) is 5.32 Å². The SMILES string of the molecule is CCCCNC(=O)[C@H](CC)N(Cc1ccccc1)C(=O)CN(c1ccc(Cl)c(Cl)c1)S(=O)(=O)c1ccccc1. The van der Waals surface area contributed by atoms with Crippen LogP contribution in [0.5, 0.6) is 0 Å². The van der Waals surface area contributed by atoms with E-state index in [0.717, 1.165) is 22.7 Å². The van der Waals surface area contributed by atoms with Crippen LogP contribution in [0.25, 0.3) is 0 Å². The van der Waals surface area contributed by atoms with Crippen molar-refractivity contribution < 1.29 is 18.0 Å². The molecule has 0 heterocycles. The number of unbranched alkanes of at least 4 members (excludes halogenated alkanes) is 1. The van der Waals surface area contributed by atoms with Gasteiger partial charge in [0.2, 0.25) is 11.8 Å². The van der Waals surface area contributed by atoms with Crippen LogP contribution in [0.4, 0.5) is 5.69 Å². The fourth-order valence-corrected chi connectivity index (χ4v) is 5.81. The van der Waals surface area contributed by atoms with E-state index in [-0.39, 0.29) is 33.1 Å². The summed E-state index contributed by atoms with van der Waals surface area (Å²) in [6.45, 7) is 3.95. The zero-order valence-corrected chi connectivity index (χ0v) is 24.3. The molecular formula is C29H33Cl2N3O4S. The lowest BCUT2D eigenvalue weighted by Crippen LogP contribution is -2.52. The van der Waals surface area contributed by atoms with Crippen molar-refractivity contribution in [3.8, 4) is 0 Å². The first-order chi connectivity index (χ1) is 18.7. The molecule has 0 saturated carbocycles. The Morgan fingerprint density at radius 2 is 1.54 bits per heavy atom. The minimum Gasteiger partial charge on any atom is -0.354 e. The van der Waals surface area contributed by atoms with Crippen LogP contribution < -0.4 is 9.62 Å². The molecular weight excluding hydrogens is 557 g/mol. The molecule has 10 heteroatoms. The van der Waals surface area contributed by atoms with Gasteiger partial charge in [0.25, 0.3) is 10.0 Å². The molecule has 1 atom stereocenters. The van der Waals surface area contributed by atoms with Crippen molar-refractivity contribution in [1.82, 2.24) is 10.2 Å². The maximum Gasteiger partial charge on any atom is 0.264 e. The van der Waals surface area contributed by atoms with Crippen LogP contribution in [-0.2, 0) is 26.2 Å². The number of hydrogen-bond acceptors (Lipinski definition) is 4. The predicted molar refractivity (Wildman–Crippen MR) is 156 cm³/mol. The third kappa shape index (κ3) is 7.97. The molecule has 0 fully saturated rings. The number of rotatable bonds is 13. The van der Waals surface area contributed by atoms with Gasteiger partial charge in [-0.15, -0.1) is 0 Å². The number of anilines is 1. The van der Waals surface area contributed by atoms with Gasteiger partial charge in [-0.1, -0.05) is 92.0 Å². The minimum absolute atomic E-state index is 0.0165. The number of carbonyl (C=O) groups is 2. The molecule has 0 radical (unpaired) electrons. The molecule has 3 aromatic rings. The Balaban J connectivity index is 2.03. The van der Waals surface area contributed by atoms with E-state index < -0.39 is 28.5 Å². The number of sulfonamides is 1. The molecule has 0 aliphatic rings. The lowest BCUT2D eigenvalue weighted by molar-refractivity contribution is -0.140. The van der Waals surface area contributed by atoms with Crippen molar-refractivity contribution in [2.24, 2.45) is 0 Å². The summed E-state index contributed by atoms with van der Waals surface area (Å²) in [6, 6.07) is 20.7.